The average molecular weight is 240 g/mol. The van der Waals surface area contributed by atoms with Gasteiger partial charge in [-0.15, -0.1) is 0 Å². The highest BCUT2D eigenvalue weighted by atomic mass is 16.4. The van der Waals surface area contributed by atoms with Crippen LogP contribution < -0.4 is 0 Å². The van der Waals surface area contributed by atoms with E-state index in [1.807, 2.05) is 11.6 Å². The number of hydrogen-bond donors (Lipinski definition) is 1. The third-order valence-corrected chi connectivity index (χ3v) is 2.73. The first-order chi connectivity index (χ1) is 8.10. The van der Waals surface area contributed by atoms with Gasteiger partial charge in [-0.1, -0.05) is 13.8 Å². The van der Waals surface area contributed by atoms with Gasteiger partial charge in [0.05, 0.1) is 6.54 Å². The Morgan fingerprint density at radius 2 is 2.29 bits per heavy atom. The molecule has 17 heavy (non-hydrogen) atoms. The highest BCUT2D eigenvalue weighted by Crippen LogP contribution is 2.07. The van der Waals surface area contributed by atoms with Crippen LogP contribution in [-0.4, -0.2) is 43.8 Å². The van der Waals surface area contributed by atoms with E-state index in [2.05, 4.69) is 17.0 Å². The first-order valence-corrected chi connectivity index (χ1v) is 5.89. The minimum absolute atomic E-state index is 0.471. The predicted molar refractivity (Wildman–Crippen MR) is 63.5 cm³/mol. The zero-order valence-electron chi connectivity index (χ0n) is 10.6. The number of hydrogen-bond acceptors (Lipinski definition) is 4. The monoisotopic (exact) mass is 240 g/mol. The van der Waals surface area contributed by atoms with E-state index in [9.17, 15) is 4.79 Å². The van der Waals surface area contributed by atoms with Gasteiger partial charge >= 0.3 is 5.97 Å². The molecule has 1 rings (SSSR count). The molecule has 0 saturated heterocycles. The van der Waals surface area contributed by atoms with Crippen LogP contribution >= 0.6 is 0 Å². The molecule has 1 heterocycles. The summed E-state index contributed by atoms with van der Waals surface area (Å²) in [5, 5.41) is 13.2. The van der Waals surface area contributed by atoms with E-state index in [1.165, 1.54) is 6.33 Å². The first-order valence-electron chi connectivity index (χ1n) is 5.89. The molecule has 0 fully saturated rings. The Kier molecular flexibility index (Phi) is 5.09. The molecule has 1 atom stereocenters. The van der Waals surface area contributed by atoms with Crippen LogP contribution in [0.15, 0.2) is 6.33 Å². The Balaban J connectivity index is 2.69. The molecule has 0 aliphatic rings. The summed E-state index contributed by atoms with van der Waals surface area (Å²) in [4.78, 5) is 17.0. The smallest absolute Gasteiger partial charge is 0.320 e. The van der Waals surface area contributed by atoms with E-state index in [-0.39, 0.29) is 0 Å². The van der Waals surface area contributed by atoms with Gasteiger partial charge in [-0.2, -0.15) is 5.10 Å². The molecular formula is C11H20N4O2. The number of carboxylic acids is 1. The molecule has 96 valence electrons. The van der Waals surface area contributed by atoms with Gasteiger partial charge in [-0.05, 0) is 19.9 Å². The topological polar surface area (TPSA) is 71.2 Å². The lowest BCUT2D eigenvalue weighted by Crippen LogP contribution is -2.38. The van der Waals surface area contributed by atoms with Crippen molar-refractivity contribution in [2.24, 2.45) is 0 Å². The number of carboxylic acid groups (broad SMARTS) is 1. The molecule has 0 spiro atoms. The summed E-state index contributed by atoms with van der Waals surface area (Å²) in [6, 6.07) is -0.471. The second kappa shape index (κ2) is 6.34. The lowest BCUT2D eigenvalue weighted by molar-refractivity contribution is -0.143. The minimum Gasteiger partial charge on any atom is -0.480 e. The van der Waals surface area contributed by atoms with E-state index in [1.54, 1.807) is 11.9 Å². The number of rotatable bonds is 7. The van der Waals surface area contributed by atoms with Gasteiger partial charge in [-0.3, -0.25) is 9.69 Å². The quantitative estimate of drug-likeness (QED) is 0.769. The number of carbonyl (C=O) groups is 1. The number of aromatic nitrogens is 3. The Hall–Kier alpha value is -1.43. The van der Waals surface area contributed by atoms with Crippen molar-refractivity contribution in [2.75, 3.05) is 7.05 Å². The molecule has 1 aromatic heterocycles. The van der Waals surface area contributed by atoms with E-state index in [0.717, 1.165) is 18.8 Å². The highest BCUT2D eigenvalue weighted by Gasteiger charge is 2.21. The summed E-state index contributed by atoms with van der Waals surface area (Å²) >= 11 is 0. The Bertz CT molecular complexity index is 364. The minimum atomic E-state index is -0.795. The normalized spacial score (nSPS) is 12.9. The van der Waals surface area contributed by atoms with E-state index >= 15 is 0 Å². The molecule has 1 aromatic rings. The summed E-state index contributed by atoms with van der Waals surface area (Å²) in [6.07, 6.45) is 3.07. The molecule has 0 aromatic carbocycles. The third kappa shape index (κ3) is 3.52. The first kappa shape index (κ1) is 13.6. The zero-order valence-corrected chi connectivity index (χ0v) is 10.6. The van der Waals surface area contributed by atoms with Crippen LogP contribution in [0, 0.1) is 0 Å². The summed E-state index contributed by atoms with van der Waals surface area (Å²) in [6.45, 7) is 5.26. The van der Waals surface area contributed by atoms with Crippen molar-refractivity contribution in [3.63, 3.8) is 0 Å². The molecular weight excluding hydrogens is 220 g/mol. The molecule has 6 nitrogen and oxygen atoms in total. The van der Waals surface area contributed by atoms with Crippen molar-refractivity contribution < 1.29 is 9.90 Å². The number of nitrogens with zero attached hydrogens (tertiary/aromatic N) is 4. The van der Waals surface area contributed by atoms with Crippen molar-refractivity contribution in [3.05, 3.63) is 12.2 Å². The number of aliphatic carboxylic acids is 1. The van der Waals surface area contributed by atoms with E-state index < -0.39 is 12.0 Å². The Morgan fingerprint density at radius 3 is 2.82 bits per heavy atom. The zero-order chi connectivity index (χ0) is 12.8. The van der Waals surface area contributed by atoms with Crippen LogP contribution in [0.2, 0.25) is 0 Å². The van der Waals surface area contributed by atoms with Gasteiger partial charge in [0.25, 0.3) is 0 Å². The van der Waals surface area contributed by atoms with Gasteiger partial charge in [0.1, 0.15) is 18.2 Å². The fraction of sp³-hybridized carbons (Fsp3) is 0.727. The van der Waals surface area contributed by atoms with Crippen molar-refractivity contribution in [2.45, 2.75) is 45.8 Å². The van der Waals surface area contributed by atoms with Crippen LogP contribution in [0.5, 0.6) is 0 Å². The predicted octanol–water partition coefficient (Wildman–Crippen LogP) is 0.983. The number of likely N-dealkylation sites (N-methyl/N-ethyl adjacent to an activating group) is 1. The summed E-state index contributed by atoms with van der Waals surface area (Å²) in [5.74, 6) is 0.0191. The van der Waals surface area contributed by atoms with Gasteiger partial charge in [0.2, 0.25) is 0 Å². The largest absolute Gasteiger partial charge is 0.480 e. The summed E-state index contributed by atoms with van der Waals surface area (Å²) in [5.41, 5.74) is 0. The van der Waals surface area contributed by atoms with E-state index in [0.29, 0.717) is 13.0 Å². The van der Waals surface area contributed by atoms with Crippen molar-refractivity contribution in [1.29, 1.82) is 0 Å². The molecule has 0 aliphatic carbocycles. The standard InChI is InChI=1S/C11H20N4O2/c1-4-6-15-10(12-8-13-15)7-14(3)9(5-2)11(16)17/h8-9H,4-7H2,1-3H3,(H,16,17). The third-order valence-electron chi connectivity index (χ3n) is 2.73. The number of aryl methyl sites for hydroxylation is 1. The van der Waals surface area contributed by atoms with Gasteiger partial charge < -0.3 is 5.11 Å². The molecule has 0 radical (unpaired) electrons. The van der Waals surface area contributed by atoms with Crippen LogP contribution in [0.4, 0.5) is 0 Å². The summed E-state index contributed by atoms with van der Waals surface area (Å²) < 4.78 is 1.82. The second-order valence-electron chi connectivity index (χ2n) is 4.08. The maximum absolute atomic E-state index is 11.0. The van der Waals surface area contributed by atoms with Crippen LogP contribution in [0.3, 0.4) is 0 Å². The van der Waals surface area contributed by atoms with Crippen LogP contribution in [0.25, 0.3) is 0 Å². The summed E-state index contributed by atoms with van der Waals surface area (Å²) in [7, 11) is 1.80. The Morgan fingerprint density at radius 1 is 1.59 bits per heavy atom. The van der Waals surface area contributed by atoms with Crippen molar-refractivity contribution in [1.82, 2.24) is 19.7 Å². The maximum Gasteiger partial charge on any atom is 0.320 e. The second-order valence-corrected chi connectivity index (χ2v) is 4.08. The highest BCUT2D eigenvalue weighted by molar-refractivity contribution is 5.73. The van der Waals surface area contributed by atoms with Gasteiger partial charge in [0, 0.05) is 6.54 Å². The van der Waals surface area contributed by atoms with Crippen LogP contribution in [0.1, 0.15) is 32.5 Å². The van der Waals surface area contributed by atoms with Gasteiger partial charge in [0.15, 0.2) is 0 Å². The van der Waals surface area contributed by atoms with Crippen molar-refractivity contribution in [3.8, 4) is 0 Å². The molecule has 0 amide bonds. The fourth-order valence-electron chi connectivity index (χ4n) is 1.82. The average Bonchev–Trinajstić information content (AvgIpc) is 2.66. The molecule has 1 N–H and O–H groups in total. The van der Waals surface area contributed by atoms with Crippen molar-refractivity contribution >= 4 is 5.97 Å². The fourth-order valence-corrected chi connectivity index (χ4v) is 1.82. The molecule has 0 saturated carbocycles. The lowest BCUT2D eigenvalue weighted by atomic mass is 10.2. The van der Waals surface area contributed by atoms with Gasteiger partial charge in [-0.25, -0.2) is 9.67 Å². The van der Waals surface area contributed by atoms with E-state index in [4.69, 9.17) is 5.11 Å². The lowest BCUT2D eigenvalue weighted by Gasteiger charge is -2.22. The Labute approximate surface area is 101 Å². The SMILES string of the molecule is CCCn1ncnc1CN(C)C(CC)C(=O)O. The van der Waals surface area contributed by atoms with Crippen LogP contribution in [-0.2, 0) is 17.9 Å². The molecule has 6 heteroatoms. The molecule has 1 unspecified atom stereocenters. The molecule has 0 aliphatic heterocycles. The maximum atomic E-state index is 11.0. The molecule has 0 bridgehead atoms.